The van der Waals surface area contributed by atoms with Crippen LogP contribution in [-0.4, -0.2) is 44.2 Å². The minimum Gasteiger partial charge on any atom is -0.354 e. The van der Waals surface area contributed by atoms with Gasteiger partial charge in [-0.2, -0.15) is 8.42 Å². The molecule has 6 nitrogen and oxygen atoms in total. The summed E-state index contributed by atoms with van der Waals surface area (Å²) in [6.45, 7) is 1.38. The smallest absolute Gasteiger partial charge is 0.285 e. The molecule has 0 aromatic heterocycles. The lowest BCUT2D eigenvalue weighted by atomic mass is 9.85. The topological polar surface area (TPSA) is 78.8 Å². The van der Waals surface area contributed by atoms with E-state index in [0.717, 1.165) is 19.4 Å². The molecular weight excluding hydrogens is 326 g/mol. The van der Waals surface area contributed by atoms with Crippen molar-refractivity contribution in [1.29, 1.82) is 0 Å². The number of hydrogen-bond acceptors (Lipinski definition) is 4. The van der Waals surface area contributed by atoms with E-state index in [0.29, 0.717) is 23.9 Å². The highest BCUT2D eigenvalue weighted by Crippen LogP contribution is 2.31. The number of amides is 1. The minimum atomic E-state index is -3.65. The first-order valence-electron chi connectivity index (χ1n) is 8.55. The number of carbonyl (C=O) groups is 1. The van der Waals surface area contributed by atoms with Gasteiger partial charge in [0, 0.05) is 18.7 Å². The van der Waals surface area contributed by atoms with Crippen molar-refractivity contribution in [3.63, 3.8) is 0 Å². The van der Waals surface area contributed by atoms with Crippen LogP contribution < -0.4 is 5.32 Å². The van der Waals surface area contributed by atoms with Crippen LogP contribution in [0.5, 0.6) is 0 Å². The van der Waals surface area contributed by atoms with E-state index in [1.165, 1.54) is 19.3 Å². The van der Waals surface area contributed by atoms with Gasteiger partial charge in [0.1, 0.15) is 10.9 Å². The monoisotopic (exact) mass is 347 g/mol. The lowest BCUT2D eigenvalue weighted by Gasteiger charge is -2.29. The van der Waals surface area contributed by atoms with Crippen LogP contribution in [0, 0.1) is 5.92 Å². The van der Waals surface area contributed by atoms with Crippen molar-refractivity contribution in [1.82, 2.24) is 10.2 Å². The third-order valence-corrected chi connectivity index (χ3v) is 6.55. The number of nitrogens with zero attached hydrogens (tertiary/aromatic N) is 2. The molecule has 0 spiro atoms. The highest BCUT2D eigenvalue weighted by molar-refractivity contribution is 7.90. The Bertz CT molecular complexity index is 799. The van der Waals surface area contributed by atoms with Crippen LogP contribution in [0.15, 0.2) is 33.6 Å². The Hall–Kier alpha value is -1.89. The Kier molecular flexibility index (Phi) is 3.83. The molecule has 0 unspecified atom stereocenters. The third-order valence-electron chi connectivity index (χ3n) is 5.23. The van der Waals surface area contributed by atoms with Gasteiger partial charge in [-0.15, -0.1) is 4.40 Å². The largest absolute Gasteiger partial charge is 0.354 e. The van der Waals surface area contributed by atoms with Gasteiger partial charge in [-0.25, -0.2) is 0 Å². The first kappa shape index (κ1) is 15.6. The quantitative estimate of drug-likeness (QED) is 0.899. The van der Waals surface area contributed by atoms with Crippen LogP contribution in [0.3, 0.4) is 0 Å². The van der Waals surface area contributed by atoms with Crippen LogP contribution in [0.2, 0.25) is 0 Å². The van der Waals surface area contributed by atoms with E-state index >= 15 is 0 Å². The second kappa shape index (κ2) is 5.88. The number of amidine groups is 1. The van der Waals surface area contributed by atoms with E-state index in [-0.39, 0.29) is 16.8 Å². The molecular formula is C17H21N3O3S. The minimum absolute atomic E-state index is 0.0103. The van der Waals surface area contributed by atoms with Gasteiger partial charge in [0.05, 0.1) is 0 Å². The van der Waals surface area contributed by atoms with Crippen LogP contribution in [0.25, 0.3) is 0 Å². The molecule has 1 aromatic rings. The summed E-state index contributed by atoms with van der Waals surface area (Å²) in [6.07, 6.45) is 5.22. The van der Waals surface area contributed by atoms with Gasteiger partial charge in [0.2, 0.25) is 5.91 Å². The molecule has 1 saturated carbocycles. The number of benzene rings is 1. The maximum absolute atomic E-state index is 12.6. The number of fused-ring (bicyclic) bond motifs is 1. The predicted molar refractivity (Wildman–Crippen MR) is 90.2 cm³/mol. The summed E-state index contributed by atoms with van der Waals surface area (Å²) in [5, 5.41) is 3.04. The van der Waals surface area contributed by atoms with Crippen molar-refractivity contribution in [2.75, 3.05) is 13.1 Å². The lowest BCUT2D eigenvalue weighted by molar-refractivity contribution is -0.124. The van der Waals surface area contributed by atoms with Gasteiger partial charge in [0.25, 0.3) is 10.0 Å². The summed E-state index contributed by atoms with van der Waals surface area (Å²) in [5.74, 6) is 1.02. The molecule has 2 aliphatic heterocycles. The second-order valence-electron chi connectivity index (χ2n) is 6.78. The number of rotatable bonds is 3. The van der Waals surface area contributed by atoms with Crippen molar-refractivity contribution in [2.24, 2.45) is 10.3 Å². The number of sulfonamides is 1. The van der Waals surface area contributed by atoms with Crippen LogP contribution in [0.1, 0.15) is 37.7 Å². The van der Waals surface area contributed by atoms with Gasteiger partial charge in [-0.3, -0.25) is 4.79 Å². The number of nitrogens with one attached hydrogen (secondary N) is 1. The number of carbonyl (C=O) groups excluding carboxylic acids is 1. The maximum Gasteiger partial charge on any atom is 0.285 e. The van der Waals surface area contributed by atoms with Crippen molar-refractivity contribution in [3.8, 4) is 0 Å². The lowest BCUT2D eigenvalue weighted by Crippen LogP contribution is -2.47. The van der Waals surface area contributed by atoms with Gasteiger partial charge >= 0.3 is 0 Å². The molecule has 0 bridgehead atoms. The average molecular weight is 347 g/mol. The molecule has 0 radical (unpaired) electrons. The zero-order chi connectivity index (χ0) is 16.7. The maximum atomic E-state index is 12.6. The highest BCUT2D eigenvalue weighted by atomic mass is 32.2. The first-order chi connectivity index (χ1) is 11.6. The zero-order valence-corrected chi connectivity index (χ0v) is 14.3. The second-order valence-corrected chi connectivity index (χ2v) is 8.35. The first-order valence-corrected chi connectivity index (χ1v) is 9.99. The van der Waals surface area contributed by atoms with Crippen LogP contribution >= 0.6 is 0 Å². The molecule has 1 N–H and O–H groups in total. The Labute approximate surface area is 142 Å². The Morgan fingerprint density at radius 2 is 2.00 bits per heavy atom. The number of likely N-dealkylation sites (tertiary alicyclic amines) is 1. The van der Waals surface area contributed by atoms with Crippen LogP contribution in [0.4, 0.5) is 0 Å². The average Bonchev–Trinajstić information content (AvgIpc) is 3.09. The number of hydrogen-bond donors (Lipinski definition) is 1. The van der Waals surface area contributed by atoms with E-state index in [4.69, 9.17) is 0 Å². The molecule has 7 heteroatoms. The van der Waals surface area contributed by atoms with E-state index in [1.807, 2.05) is 4.90 Å². The van der Waals surface area contributed by atoms with E-state index in [1.54, 1.807) is 24.3 Å². The molecule has 2 heterocycles. The molecule has 2 fully saturated rings. The fourth-order valence-corrected chi connectivity index (χ4v) is 4.87. The Morgan fingerprint density at radius 1 is 1.21 bits per heavy atom. The molecule has 24 heavy (non-hydrogen) atoms. The molecule has 1 aliphatic carbocycles. The highest BCUT2D eigenvalue weighted by Gasteiger charge is 2.39. The summed E-state index contributed by atoms with van der Waals surface area (Å²) >= 11 is 0. The fraction of sp³-hybridized carbons (Fsp3) is 0.529. The molecule has 3 aliphatic rings. The molecule has 1 aromatic carbocycles. The normalized spacial score (nSPS) is 25.1. The zero-order valence-electron chi connectivity index (χ0n) is 13.4. The molecule has 1 saturated heterocycles. The Balaban J connectivity index is 1.56. The summed E-state index contributed by atoms with van der Waals surface area (Å²) in [7, 11) is -3.65. The standard InChI is InChI=1S/C17H21N3O3S/c21-17(18-11-12-5-3-6-12)14-8-4-10-20(14)16-13-7-1-2-9-15(13)24(22,23)19-16/h1-2,7,9,12,14H,3-6,8,10-11H2,(H,18,21)/t14-/m0/s1. The molecule has 128 valence electrons. The van der Waals surface area contributed by atoms with E-state index < -0.39 is 10.0 Å². The van der Waals surface area contributed by atoms with Gasteiger partial charge in [-0.05, 0) is 43.7 Å². The van der Waals surface area contributed by atoms with Crippen molar-refractivity contribution < 1.29 is 13.2 Å². The van der Waals surface area contributed by atoms with Gasteiger partial charge < -0.3 is 10.2 Å². The van der Waals surface area contributed by atoms with Gasteiger partial charge in [-0.1, -0.05) is 18.6 Å². The molecule has 1 amide bonds. The van der Waals surface area contributed by atoms with Crippen molar-refractivity contribution in [2.45, 2.75) is 43.0 Å². The summed E-state index contributed by atoms with van der Waals surface area (Å²) < 4.78 is 28.4. The summed E-state index contributed by atoms with van der Waals surface area (Å²) in [5.41, 5.74) is 0.608. The molecule has 1 atom stereocenters. The summed E-state index contributed by atoms with van der Waals surface area (Å²) in [6, 6.07) is 6.51. The molecule has 4 rings (SSSR count). The van der Waals surface area contributed by atoms with E-state index in [2.05, 4.69) is 9.71 Å². The third kappa shape index (κ3) is 2.60. The Morgan fingerprint density at radius 3 is 2.75 bits per heavy atom. The SMILES string of the molecule is O=C(NCC1CCC1)[C@@H]1CCCN1C1=NS(=O)(=O)c2ccccc21. The van der Waals surface area contributed by atoms with Gasteiger partial charge in [0.15, 0.2) is 5.84 Å². The van der Waals surface area contributed by atoms with E-state index in [9.17, 15) is 13.2 Å². The van der Waals surface area contributed by atoms with Crippen molar-refractivity contribution in [3.05, 3.63) is 29.8 Å². The van der Waals surface area contributed by atoms with Crippen LogP contribution in [-0.2, 0) is 14.8 Å². The summed E-state index contributed by atoms with van der Waals surface area (Å²) in [4.78, 5) is 14.7. The fourth-order valence-electron chi connectivity index (χ4n) is 3.65. The predicted octanol–water partition coefficient (Wildman–Crippen LogP) is 1.52. The van der Waals surface area contributed by atoms with Crippen molar-refractivity contribution >= 4 is 21.8 Å².